The van der Waals surface area contributed by atoms with Crippen molar-refractivity contribution in [1.82, 2.24) is 4.90 Å². The zero-order chi connectivity index (χ0) is 17.9. The molecule has 2 aliphatic rings. The van der Waals surface area contributed by atoms with Gasteiger partial charge in [-0.05, 0) is 37.6 Å². The summed E-state index contributed by atoms with van der Waals surface area (Å²) in [5, 5.41) is 4.62. The number of fused-ring (bicyclic) bond motifs is 2. The van der Waals surface area contributed by atoms with E-state index >= 15 is 0 Å². The molecule has 2 bridgehead atoms. The highest BCUT2D eigenvalue weighted by atomic mass is 16.6. The molecule has 0 radical (unpaired) electrons. The predicted molar refractivity (Wildman–Crippen MR) is 104 cm³/mol. The van der Waals surface area contributed by atoms with Gasteiger partial charge in [-0.3, -0.25) is 4.90 Å². The SMILES string of the molecule is COc1cccc(C(ON=C2CC3CCC(C2)N3C)c2ccccc2)c1. The fraction of sp³-hybridized carbons (Fsp3) is 0.409. The topological polar surface area (TPSA) is 34.1 Å². The molecule has 3 atom stereocenters. The maximum atomic E-state index is 6.13. The summed E-state index contributed by atoms with van der Waals surface area (Å²) < 4.78 is 5.39. The highest BCUT2D eigenvalue weighted by Crippen LogP contribution is 2.34. The lowest BCUT2D eigenvalue weighted by Gasteiger charge is -2.31. The first-order chi connectivity index (χ1) is 12.7. The van der Waals surface area contributed by atoms with Crippen LogP contribution < -0.4 is 4.74 Å². The van der Waals surface area contributed by atoms with Gasteiger partial charge in [-0.25, -0.2) is 0 Å². The summed E-state index contributed by atoms with van der Waals surface area (Å²) in [5.41, 5.74) is 3.34. The Morgan fingerprint density at radius 1 is 0.962 bits per heavy atom. The van der Waals surface area contributed by atoms with Crippen LogP contribution in [-0.2, 0) is 4.84 Å². The van der Waals surface area contributed by atoms with E-state index in [2.05, 4.69) is 35.3 Å². The summed E-state index contributed by atoms with van der Waals surface area (Å²) in [4.78, 5) is 8.64. The van der Waals surface area contributed by atoms with Crippen LogP contribution in [-0.4, -0.2) is 36.9 Å². The van der Waals surface area contributed by atoms with E-state index < -0.39 is 0 Å². The number of ether oxygens (including phenoxy) is 1. The summed E-state index contributed by atoms with van der Waals surface area (Å²) in [6, 6.07) is 19.6. The third-order valence-electron chi connectivity index (χ3n) is 5.71. The summed E-state index contributed by atoms with van der Waals surface area (Å²) >= 11 is 0. The van der Waals surface area contributed by atoms with Crippen LogP contribution in [0, 0.1) is 0 Å². The number of methoxy groups -OCH3 is 1. The molecule has 136 valence electrons. The third kappa shape index (κ3) is 3.47. The molecule has 0 aromatic heterocycles. The van der Waals surface area contributed by atoms with E-state index in [1.165, 1.54) is 18.6 Å². The number of oxime groups is 1. The minimum atomic E-state index is -0.226. The average Bonchev–Trinajstić information content (AvgIpc) is 2.90. The van der Waals surface area contributed by atoms with Gasteiger partial charge in [0.25, 0.3) is 0 Å². The van der Waals surface area contributed by atoms with Gasteiger partial charge in [-0.2, -0.15) is 0 Å². The summed E-state index contributed by atoms with van der Waals surface area (Å²) in [5.74, 6) is 0.831. The number of rotatable bonds is 5. The van der Waals surface area contributed by atoms with Crippen molar-refractivity contribution in [2.75, 3.05) is 14.2 Å². The Kier molecular flexibility index (Phi) is 4.93. The van der Waals surface area contributed by atoms with E-state index in [4.69, 9.17) is 9.57 Å². The van der Waals surface area contributed by atoms with Crippen molar-refractivity contribution < 1.29 is 9.57 Å². The summed E-state index contributed by atoms with van der Waals surface area (Å²) in [7, 11) is 3.93. The highest BCUT2D eigenvalue weighted by Gasteiger charge is 2.37. The first kappa shape index (κ1) is 17.1. The van der Waals surface area contributed by atoms with Gasteiger partial charge in [-0.15, -0.1) is 0 Å². The van der Waals surface area contributed by atoms with Crippen molar-refractivity contribution in [1.29, 1.82) is 0 Å². The van der Waals surface area contributed by atoms with Crippen molar-refractivity contribution in [2.24, 2.45) is 5.16 Å². The van der Waals surface area contributed by atoms with E-state index in [0.29, 0.717) is 12.1 Å². The number of piperidine rings is 1. The molecule has 0 saturated carbocycles. The van der Waals surface area contributed by atoms with Crippen molar-refractivity contribution in [3.63, 3.8) is 0 Å². The number of nitrogens with zero attached hydrogens (tertiary/aromatic N) is 2. The highest BCUT2D eigenvalue weighted by molar-refractivity contribution is 5.86. The summed E-state index contributed by atoms with van der Waals surface area (Å²) in [6.07, 6.45) is 4.37. The third-order valence-corrected chi connectivity index (χ3v) is 5.71. The van der Waals surface area contributed by atoms with E-state index in [9.17, 15) is 0 Å². The molecule has 3 unspecified atom stereocenters. The molecule has 2 heterocycles. The Labute approximate surface area is 155 Å². The maximum absolute atomic E-state index is 6.13. The van der Waals surface area contributed by atoms with Gasteiger partial charge in [0.2, 0.25) is 0 Å². The zero-order valence-corrected chi connectivity index (χ0v) is 15.5. The van der Waals surface area contributed by atoms with E-state index in [0.717, 1.165) is 29.7 Å². The van der Waals surface area contributed by atoms with Crippen LogP contribution in [0.2, 0.25) is 0 Å². The monoisotopic (exact) mass is 350 g/mol. The van der Waals surface area contributed by atoms with Crippen molar-refractivity contribution >= 4 is 5.71 Å². The Bertz CT molecular complexity index is 759. The molecular formula is C22H26N2O2. The molecule has 4 heteroatoms. The number of hydrogen-bond acceptors (Lipinski definition) is 4. The molecular weight excluding hydrogens is 324 g/mol. The average molecular weight is 350 g/mol. The fourth-order valence-corrected chi connectivity index (χ4v) is 4.16. The van der Waals surface area contributed by atoms with E-state index in [-0.39, 0.29) is 6.10 Å². The van der Waals surface area contributed by atoms with E-state index in [1.54, 1.807) is 7.11 Å². The van der Waals surface area contributed by atoms with Crippen LogP contribution in [0.15, 0.2) is 59.8 Å². The van der Waals surface area contributed by atoms with Gasteiger partial charge < -0.3 is 9.57 Å². The second-order valence-corrected chi connectivity index (χ2v) is 7.29. The van der Waals surface area contributed by atoms with Crippen LogP contribution in [0.4, 0.5) is 0 Å². The predicted octanol–water partition coefficient (Wildman–Crippen LogP) is 4.41. The first-order valence-electron chi connectivity index (χ1n) is 9.37. The normalized spacial score (nSPS) is 23.5. The van der Waals surface area contributed by atoms with Crippen LogP contribution in [0.5, 0.6) is 5.75 Å². The van der Waals surface area contributed by atoms with E-state index in [1.807, 2.05) is 36.4 Å². The number of hydrogen-bond donors (Lipinski definition) is 0. The molecule has 0 amide bonds. The smallest absolute Gasteiger partial charge is 0.177 e. The molecule has 4 rings (SSSR count). The van der Waals surface area contributed by atoms with Gasteiger partial charge in [0.15, 0.2) is 6.10 Å². The molecule has 26 heavy (non-hydrogen) atoms. The fourth-order valence-electron chi connectivity index (χ4n) is 4.16. The minimum absolute atomic E-state index is 0.226. The molecule has 2 aliphatic heterocycles. The first-order valence-corrected chi connectivity index (χ1v) is 9.37. The van der Waals surface area contributed by atoms with Crippen molar-refractivity contribution in [3.05, 3.63) is 65.7 Å². The second kappa shape index (κ2) is 7.50. The lowest BCUT2D eigenvalue weighted by atomic mass is 10.0. The molecule has 4 nitrogen and oxygen atoms in total. The van der Waals surface area contributed by atoms with Crippen LogP contribution in [0.1, 0.15) is 42.9 Å². The molecule has 0 N–H and O–H groups in total. The molecule has 2 saturated heterocycles. The van der Waals surface area contributed by atoms with Gasteiger partial charge in [0.1, 0.15) is 5.75 Å². The van der Waals surface area contributed by atoms with Gasteiger partial charge in [0.05, 0.1) is 12.8 Å². The lowest BCUT2D eigenvalue weighted by Crippen LogP contribution is -2.40. The van der Waals surface area contributed by atoms with Crippen LogP contribution in [0.25, 0.3) is 0 Å². The largest absolute Gasteiger partial charge is 0.497 e. The Morgan fingerprint density at radius 3 is 2.35 bits per heavy atom. The Morgan fingerprint density at radius 2 is 1.65 bits per heavy atom. The maximum Gasteiger partial charge on any atom is 0.177 e. The minimum Gasteiger partial charge on any atom is -0.497 e. The van der Waals surface area contributed by atoms with Crippen LogP contribution >= 0.6 is 0 Å². The quantitative estimate of drug-likeness (QED) is 0.749. The van der Waals surface area contributed by atoms with Crippen molar-refractivity contribution in [2.45, 2.75) is 43.9 Å². The summed E-state index contributed by atoms with van der Waals surface area (Å²) in [6.45, 7) is 0. The molecule has 0 spiro atoms. The standard InChI is InChI=1S/C22H26N2O2/c1-24-19-11-12-20(24)15-18(14-19)23-26-22(16-7-4-3-5-8-16)17-9-6-10-21(13-17)25-2/h3-10,13,19-20,22H,11-12,14-15H2,1-2H3. The van der Waals surface area contributed by atoms with Gasteiger partial charge in [0, 0.05) is 30.5 Å². The van der Waals surface area contributed by atoms with Gasteiger partial charge in [-0.1, -0.05) is 47.6 Å². The molecule has 0 aliphatic carbocycles. The Balaban J connectivity index is 1.59. The van der Waals surface area contributed by atoms with Gasteiger partial charge >= 0.3 is 0 Å². The van der Waals surface area contributed by atoms with Crippen LogP contribution in [0.3, 0.4) is 0 Å². The second-order valence-electron chi connectivity index (χ2n) is 7.29. The molecule has 2 fully saturated rings. The lowest BCUT2D eigenvalue weighted by molar-refractivity contribution is 0.0838. The Hall–Kier alpha value is -2.33. The molecule has 2 aromatic rings. The van der Waals surface area contributed by atoms with Crippen molar-refractivity contribution in [3.8, 4) is 5.75 Å². The zero-order valence-electron chi connectivity index (χ0n) is 15.5. The molecule has 2 aromatic carbocycles. The number of benzene rings is 2.